The molecule has 2 aliphatic rings. The number of aryl methyl sites for hydroxylation is 1. The molecule has 0 aromatic heterocycles. The smallest absolute Gasteiger partial charge is 0.243 e. The van der Waals surface area contributed by atoms with Gasteiger partial charge in [0, 0.05) is 24.7 Å². The maximum atomic E-state index is 12.9. The minimum atomic E-state index is -3.48. The van der Waals surface area contributed by atoms with E-state index in [1.54, 1.807) is 29.4 Å². The molecule has 1 aromatic carbocycles. The first-order valence-electron chi connectivity index (χ1n) is 8.40. The number of hydrogen-bond acceptors (Lipinski definition) is 3. The van der Waals surface area contributed by atoms with E-state index >= 15 is 0 Å². The second-order valence-corrected chi connectivity index (χ2v) is 8.47. The summed E-state index contributed by atoms with van der Waals surface area (Å²) in [7, 11) is -3.48. The minimum absolute atomic E-state index is 0.00132. The molecule has 1 heterocycles. The highest BCUT2D eigenvalue weighted by Gasteiger charge is 2.29. The summed E-state index contributed by atoms with van der Waals surface area (Å²) in [6.07, 6.45) is 5.86. The Labute approximate surface area is 138 Å². The molecule has 0 atom stereocenters. The van der Waals surface area contributed by atoms with E-state index in [0.717, 1.165) is 44.1 Å². The predicted octanol–water partition coefficient (Wildman–Crippen LogP) is 2.91. The van der Waals surface area contributed by atoms with Gasteiger partial charge in [-0.2, -0.15) is 4.31 Å². The Morgan fingerprint density at radius 3 is 2.43 bits per heavy atom. The molecule has 126 valence electrons. The molecule has 1 saturated heterocycles. The first kappa shape index (κ1) is 16.5. The Hall–Kier alpha value is -1.40. The van der Waals surface area contributed by atoms with Crippen molar-refractivity contribution in [3.8, 4) is 0 Å². The van der Waals surface area contributed by atoms with Crippen LogP contribution < -0.4 is 5.32 Å². The van der Waals surface area contributed by atoms with Crippen LogP contribution in [-0.2, 0) is 14.8 Å². The van der Waals surface area contributed by atoms with E-state index in [2.05, 4.69) is 5.32 Å². The molecular formula is C17H24N2O3S. The van der Waals surface area contributed by atoms with Gasteiger partial charge in [-0.25, -0.2) is 8.42 Å². The van der Waals surface area contributed by atoms with Gasteiger partial charge in [0.1, 0.15) is 0 Å². The van der Waals surface area contributed by atoms with Crippen LogP contribution in [0.15, 0.2) is 23.1 Å². The maximum absolute atomic E-state index is 12.9. The van der Waals surface area contributed by atoms with Crippen molar-refractivity contribution in [1.82, 2.24) is 4.31 Å². The molecule has 2 fully saturated rings. The molecule has 0 radical (unpaired) electrons. The van der Waals surface area contributed by atoms with Gasteiger partial charge in [0.05, 0.1) is 4.90 Å². The number of rotatable bonds is 4. The second-order valence-electron chi connectivity index (χ2n) is 6.56. The topological polar surface area (TPSA) is 66.5 Å². The maximum Gasteiger partial charge on any atom is 0.243 e. The summed E-state index contributed by atoms with van der Waals surface area (Å²) in [4.78, 5) is 12.4. The third kappa shape index (κ3) is 3.43. The van der Waals surface area contributed by atoms with E-state index in [9.17, 15) is 13.2 Å². The third-order valence-electron chi connectivity index (χ3n) is 4.86. The molecule has 0 unspecified atom stereocenters. The first-order chi connectivity index (χ1) is 11.0. The summed E-state index contributed by atoms with van der Waals surface area (Å²) in [5, 5.41) is 2.86. The normalized spacial score (nSPS) is 20.0. The van der Waals surface area contributed by atoms with Crippen LogP contribution in [0.3, 0.4) is 0 Å². The van der Waals surface area contributed by atoms with Gasteiger partial charge in [-0.15, -0.1) is 0 Å². The van der Waals surface area contributed by atoms with Crippen molar-refractivity contribution in [3.63, 3.8) is 0 Å². The van der Waals surface area contributed by atoms with Gasteiger partial charge in [0.25, 0.3) is 0 Å². The molecule has 23 heavy (non-hydrogen) atoms. The lowest BCUT2D eigenvalue weighted by molar-refractivity contribution is -0.122. The molecular weight excluding hydrogens is 312 g/mol. The highest BCUT2D eigenvalue weighted by atomic mass is 32.2. The summed E-state index contributed by atoms with van der Waals surface area (Å²) in [6.45, 7) is 2.97. The highest BCUT2D eigenvalue weighted by molar-refractivity contribution is 7.89. The Balaban J connectivity index is 1.83. The zero-order valence-electron chi connectivity index (χ0n) is 13.5. The van der Waals surface area contributed by atoms with Gasteiger partial charge in [-0.1, -0.05) is 18.9 Å². The fourth-order valence-electron chi connectivity index (χ4n) is 3.11. The monoisotopic (exact) mass is 336 g/mol. The SMILES string of the molecule is Cc1ccc(NC(=O)C2CCC2)cc1S(=O)(=O)N1CCCCC1. The molecule has 0 spiro atoms. The van der Waals surface area contributed by atoms with Gasteiger partial charge in [-0.3, -0.25) is 4.79 Å². The molecule has 1 saturated carbocycles. The number of piperidine rings is 1. The average molecular weight is 336 g/mol. The Bertz CT molecular complexity index is 690. The van der Waals surface area contributed by atoms with Crippen LogP contribution in [0.5, 0.6) is 0 Å². The number of benzene rings is 1. The standard InChI is InChI=1S/C17H24N2O3S/c1-13-8-9-15(18-17(20)14-6-5-7-14)12-16(13)23(21,22)19-10-3-2-4-11-19/h8-9,12,14H,2-7,10-11H2,1H3,(H,18,20). The number of nitrogens with one attached hydrogen (secondary N) is 1. The van der Waals surface area contributed by atoms with Crippen molar-refractivity contribution >= 4 is 21.6 Å². The van der Waals surface area contributed by atoms with Crippen molar-refractivity contribution in [3.05, 3.63) is 23.8 Å². The molecule has 1 N–H and O–H groups in total. The fourth-order valence-corrected chi connectivity index (χ4v) is 4.88. The summed E-state index contributed by atoms with van der Waals surface area (Å²) in [5.41, 5.74) is 1.29. The number of hydrogen-bond donors (Lipinski definition) is 1. The quantitative estimate of drug-likeness (QED) is 0.919. The third-order valence-corrected chi connectivity index (χ3v) is 6.91. The number of amides is 1. The molecule has 0 bridgehead atoms. The largest absolute Gasteiger partial charge is 0.326 e. The second kappa shape index (κ2) is 6.61. The van der Waals surface area contributed by atoms with Crippen molar-refractivity contribution in [2.75, 3.05) is 18.4 Å². The van der Waals surface area contributed by atoms with Crippen LogP contribution in [-0.4, -0.2) is 31.7 Å². The molecule has 1 aliphatic carbocycles. The van der Waals surface area contributed by atoms with Crippen LogP contribution in [0.2, 0.25) is 0 Å². The van der Waals surface area contributed by atoms with Crippen molar-refractivity contribution in [2.45, 2.75) is 50.3 Å². The number of nitrogens with zero attached hydrogens (tertiary/aromatic N) is 1. The Morgan fingerprint density at radius 2 is 1.83 bits per heavy atom. The van der Waals surface area contributed by atoms with E-state index in [1.807, 2.05) is 0 Å². The number of sulfonamides is 1. The zero-order valence-corrected chi connectivity index (χ0v) is 14.4. The van der Waals surface area contributed by atoms with Crippen LogP contribution in [0.1, 0.15) is 44.1 Å². The van der Waals surface area contributed by atoms with E-state index in [-0.39, 0.29) is 11.8 Å². The van der Waals surface area contributed by atoms with Gasteiger partial charge in [-0.05, 0) is 50.3 Å². The van der Waals surface area contributed by atoms with E-state index in [0.29, 0.717) is 23.7 Å². The molecule has 3 rings (SSSR count). The highest BCUT2D eigenvalue weighted by Crippen LogP contribution is 2.29. The summed E-state index contributed by atoms with van der Waals surface area (Å²) >= 11 is 0. The number of carbonyl (C=O) groups is 1. The van der Waals surface area contributed by atoms with Crippen LogP contribution in [0, 0.1) is 12.8 Å². The van der Waals surface area contributed by atoms with Gasteiger partial charge in [0.15, 0.2) is 0 Å². The first-order valence-corrected chi connectivity index (χ1v) is 9.84. The van der Waals surface area contributed by atoms with E-state index in [1.165, 1.54) is 0 Å². The lowest BCUT2D eigenvalue weighted by atomic mass is 9.85. The molecule has 5 nitrogen and oxygen atoms in total. The molecule has 1 amide bonds. The zero-order chi connectivity index (χ0) is 16.4. The number of carbonyl (C=O) groups excluding carboxylic acids is 1. The van der Waals surface area contributed by atoms with Crippen molar-refractivity contribution in [2.24, 2.45) is 5.92 Å². The molecule has 6 heteroatoms. The van der Waals surface area contributed by atoms with Crippen LogP contribution >= 0.6 is 0 Å². The molecule has 1 aromatic rings. The lowest BCUT2D eigenvalue weighted by Crippen LogP contribution is -2.36. The molecule has 1 aliphatic heterocycles. The minimum Gasteiger partial charge on any atom is -0.326 e. The summed E-state index contributed by atoms with van der Waals surface area (Å²) in [5.74, 6) is 0.0832. The van der Waals surface area contributed by atoms with Gasteiger partial charge >= 0.3 is 0 Å². The summed E-state index contributed by atoms with van der Waals surface area (Å²) in [6, 6.07) is 5.16. The Morgan fingerprint density at radius 1 is 1.13 bits per heavy atom. The van der Waals surface area contributed by atoms with Crippen molar-refractivity contribution < 1.29 is 13.2 Å². The summed E-state index contributed by atoms with van der Waals surface area (Å²) < 4.78 is 27.3. The van der Waals surface area contributed by atoms with Crippen molar-refractivity contribution in [1.29, 1.82) is 0 Å². The average Bonchev–Trinajstić information content (AvgIpc) is 2.48. The van der Waals surface area contributed by atoms with Gasteiger partial charge in [0.2, 0.25) is 15.9 Å². The predicted molar refractivity (Wildman–Crippen MR) is 89.8 cm³/mol. The number of anilines is 1. The lowest BCUT2D eigenvalue weighted by Gasteiger charge is -2.27. The Kier molecular flexibility index (Phi) is 4.73. The van der Waals surface area contributed by atoms with Crippen LogP contribution in [0.4, 0.5) is 5.69 Å². The van der Waals surface area contributed by atoms with Crippen LogP contribution in [0.25, 0.3) is 0 Å². The van der Waals surface area contributed by atoms with E-state index in [4.69, 9.17) is 0 Å². The fraction of sp³-hybridized carbons (Fsp3) is 0.588. The van der Waals surface area contributed by atoms with Gasteiger partial charge < -0.3 is 5.32 Å². The van der Waals surface area contributed by atoms with E-state index < -0.39 is 10.0 Å².